The number of hydrogen-bond donors (Lipinski definition) is 0. The molecule has 1 aliphatic carbocycles. The van der Waals surface area contributed by atoms with Crippen LogP contribution in [0.25, 0.3) is 0 Å². The fraction of sp³-hybridized carbons (Fsp3) is 0.833. The minimum Gasteiger partial charge on any atom is -0.300 e. The van der Waals surface area contributed by atoms with E-state index in [0.29, 0.717) is 0 Å². The van der Waals surface area contributed by atoms with Gasteiger partial charge in [0.25, 0.3) is 0 Å². The fourth-order valence-corrected chi connectivity index (χ4v) is 0.426. The third-order valence-corrected chi connectivity index (χ3v) is 0.737. The van der Waals surface area contributed by atoms with Gasteiger partial charge in [0.2, 0.25) is 0 Å². The third-order valence-electron chi connectivity index (χ3n) is 0.737. The van der Waals surface area contributed by atoms with Crippen molar-refractivity contribution < 1.29 is 13.0 Å². The van der Waals surface area contributed by atoms with Crippen LogP contribution in [-0.2, 0) is 4.79 Å². The van der Waals surface area contributed by atoms with Gasteiger partial charge in [0.15, 0.2) is 0 Å². The first kappa shape index (κ1) is 1.34. The predicted octanol–water partition coefficient (Wildman–Crippen LogP) is 1.52. The maximum atomic E-state index is 11.2. The van der Waals surface area contributed by atoms with Crippen LogP contribution in [0.3, 0.4) is 0 Å². The number of ketones is 1. The molecule has 1 fully saturated rings. The summed E-state index contributed by atoms with van der Waals surface area (Å²) in [5.41, 5.74) is 0. The van der Waals surface area contributed by atoms with Crippen LogP contribution >= 0.6 is 0 Å². The minimum atomic E-state index is -2.71. The van der Waals surface area contributed by atoms with Gasteiger partial charge in [0.1, 0.15) is 5.78 Å². The van der Waals surface area contributed by atoms with Crippen LogP contribution < -0.4 is 0 Å². The molecule has 1 aliphatic rings. The molecule has 40 valence electrons. The Morgan fingerprint density at radius 2 is 2.29 bits per heavy atom. The number of carbonyl (C=O) groups is 1. The number of rotatable bonds is 0. The number of carbonyl (C=O) groups excluding carboxylic acids is 1. The zero-order chi connectivity index (χ0) is 10.5. The van der Waals surface area contributed by atoms with E-state index in [2.05, 4.69) is 0 Å². The van der Waals surface area contributed by atoms with E-state index in [1.54, 1.807) is 0 Å². The van der Waals surface area contributed by atoms with Crippen molar-refractivity contribution in [3.05, 3.63) is 0 Å². The highest BCUT2D eigenvalue weighted by Gasteiger charge is 2.05. The smallest absolute Gasteiger partial charge is 0.132 e. The largest absolute Gasteiger partial charge is 0.300 e. The van der Waals surface area contributed by atoms with E-state index in [1.165, 1.54) is 0 Å². The van der Waals surface area contributed by atoms with Gasteiger partial charge in [0.05, 0.1) is 0 Å². The molecule has 0 spiro atoms. The molecule has 0 radical (unpaired) electrons. The highest BCUT2D eigenvalue weighted by molar-refractivity contribution is 5.78. The maximum absolute atomic E-state index is 11.2. The van der Waals surface area contributed by atoms with Gasteiger partial charge in [-0.05, 0) is 12.8 Å². The van der Waals surface area contributed by atoms with Crippen molar-refractivity contribution in [3.8, 4) is 0 Å². The SMILES string of the molecule is [2H]C1([2H])CCC([2H])([2H])C([2H])([2H])C1=O. The van der Waals surface area contributed by atoms with E-state index in [1.807, 2.05) is 0 Å². The van der Waals surface area contributed by atoms with Gasteiger partial charge in [-0.25, -0.2) is 0 Å². The summed E-state index contributed by atoms with van der Waals surface area (Å²) in [5, 5.41) is 0. The Morgan fingerprint density at radius 3 is 3.00 bits per heavy atom. The second-order valence-electron chi connectivity index (χ2n) is 1.31. The summed E-state index contributed by atoms with van der Waals surface area (Å²) in [4.78, 5) is 11.2. The molecule has 0 aliphatic heterocycles. The van der Waals surface area contributed by atoms with Gasteiger partial charge in [-0.1, -0.05) is 6.42 Å². The van der Waals surface area contributed by atoms with Crippen LogP contribution in [0.4, 0.5) is 0 Å². The molecule has 0 atom stereocenters. The lowest BCUT2D eigenvalue weighted by atomic mass is 10.00. The average molecular weight is 104 g/mol. The monoisotopic (exact) mass is 104 g/mol. The van der Waals surface area contributed by atoms with Crippen molar-refractivity contribution in [2.45, 2.75) is 32.0 Å². The molecule has 0 heterocycles. The van der Waals surface area contributed by atoms with Crippen molar-refractivity contribution in [2.75, 3.05) is 0 Å². The lowest BCUT2D eigenvalue weighted by Crippen LogP contribution is -2.02. The predicted molar refractivity (Wildman–Crippen MR) is 28.1 cm³/mol. The Kier molecular flexibility index (Phi) is 0.401. The second kappa shape index (κ2) is 2.10. The van der Waals surface area contributed by atoms with Crippen LogP contribution in [0.5, 0.6) is 0 Å². The van der Waals surface area contributed by atoms with Gasteiger partial charge < -0.3 is 0 Å². The van der Waals surface area contributed by atoms with Crippen molar-refractivity contribution in [3.63, 3.8) is 0 Å². The lowest BCUT2D eigenvalue weighted by Gasteiger charge is -2.05. The summed E-state index contributed by atoms with van der Waals surface area (Å²) in [6.45, 7) is 0. The molecule has 1 heteroatoms. The van der Waals surface area contributed by atoms with E-state index in [9.17, 15) is 4.79 Å². The summed E-state index contributed by atoms with van der Waals surface area (Å²) in [6.07, 6.45) is -7.71. The topological polar surface area (TPSA) is 17.1 Å². The molecule has 7 heavy (non-hydrogen) atoms. The summed E-state index contributed by atoms with van der Waals surface area (Å²) in [6, 6.07) is 0. The Balaban J connectivity index is 3.07. The second-order valence-corrected chi connectivity index (χ2v) is 1.31. The Bertz CT molecular complexity index is 246. The van der Waals surface area contributed by atoms with E-state index in [4.69, 9.17) is 8.22 Å². The molecular weight excluding hydrogens is 88.1 g/mol. The normalized spacial score (nSPS) is 56.9. The molecule has 0 aromatic carbocycles. The molecule has 0 aromatic rings. The van der Waals surface area contributed by atoms with Crippen molar-refractivity contribution >= 4 is 5.78 Å². The first-order chi connectivity index (χ1) is 5.61. The van der Waals surface area contributed by atoms with Crippen LogP contribution in [0.2, 0.25) is 0 Å². The fourth-order valence-electron chi connectivity index (χ4n) is 0.426. The van der Waals surface area contributed by atoms with Gasteiger partial charge in [-0.3, -0.25) is 4.79 Å². The van der Waals surface area contributed by atoms with Crippen molar-refractivity contribution in [2.24, 2.45) is 0 Å². The van der Waals surface area contributed by atoms with E-state index in [0.717, 1.165) is 0 Å². The zero-order valence-electron chi connectivity index (χ0n) is 9.82. The van der Waals surface area contributed by atoms with Gasteiger partial charge in [-0.2, -0.15) is 0 Å². The standard InChI is InChI=1S/C6H10O/c7-6-4-2-1-3-5-6/h1-5H2/i2D2,4D2,5D2. The number of Topliss-reactive ketones (excluding diaryl/α,β-unsaturated/α-hetero) is 1. The summed E-state index contributed by atoms with van der Waals surface area (Å²) in [7, 11) is 0. The van der Waals surface area contributed by atoms with E-state index < -0.39 is 24.9 Å². The first-order valence-electron chi connectivity index (χ1n) is 5.16. The minimum absolute atomic E-state index is 0.252. The van der Waals surface area contributed by atoms with Gasteiger partial charge in [0, 0.05) is 21.0 Å². The summed E-state index contributed by atoms with van der Waals surface area (Å²) in [5.74, 6) is -1.28. The molecule has 0 amide bonds. The Hall–Kier alpha value is -0.330. The highest BCUT2D eigenvalue weighted by atomic mass is 16.1. The van der Waals surface area contributed by atoms with Crippen LogP contribution in [-0.4, -0.2) is 5.78 Å². The van der Waals surface area contributed by atoms with Crippen LogP contribution in [0, 0.1) is 0 Å². The summed E-state index contributed by atoms with van der Waals surface area (Å²) < 4.78 is 43.2. The van der Waals surface area contributed by atoms with Crippen LogP contribution in [0.15, 0.2) is 0 Å². The molecule has 1 nitrogen and oxygen atoms in total. The third kappa shape index (κ3) is 1.30. The maximum Gasteiger partial charge on any atom is 0.132 e. The van der Waals surface area contributed by atoms with E-state index in [-0.39, 0.29) is 12.8 Å². The molecule has 1 saturated carbocycles. The summed E-state index contributed by atoms with van der Waals surface area (Å²) >= 11 is 0. The zero-order valence-corrected chi connectivity index (χ0v) is 3.82. The molecule has 1 rings (SSSR count). The van der Waals surface area contributed by atoms with E-state index >= 15 is 0 Å². The molecule has 0 unspecified atom stereocenters. The Morgan fingerprint density at radius 1 is 1.43 bits per heavy atom. The molecule has 0 N–H and O–H groups in total. The molecule has 0 aromatic heterocycles. The van der Waals surface area contributed by atoms with Crippen molar-refractivity contribution in [1.82, 2.24) is 0 Å². The Labute approximate surface area is 52.1 Å². The van der Waals surface area contributed by atoms with Crippen molar-refractivity contribution in [1.29, 1.82) is 0 Å². The average Bonchev–Trinajstić information content (AvgIpc) is 1.97. The highest BCUT2D eigenvalue weighted by Crippen LogP contribution is 2.12. The molecule has 0 bridgehead atoms. The first-order valence-corrected chi connectivity index (χ1v) is 2.16. The van der Waals surface area contributed by atoms with Gasteiger partial charge in [-0.15, -0.1) is 0 Å². The van der Waals surface area contributed by atoms with Crippen LogP contribution in [0.1, 0.15) is 40.2 Å². The van der Waals surface area contributed by atoms with Gasteiger partial charge >= 0.3 is 0 Å². The quantitative estimate of drug-likeness (QED) is 0.455. The molecular formula is C6H10O. The lowest BCUT2D eigenvalue weighted by molar-refractivity contribution is -0.120. The number of hydrogen-bond acceptors (Lipinski definition) is 1. The molecule has 0 saturated heterocycles.